The van der Waals surface area contributed by atoms with E-state index in [9.17, 15) is 4.79 Å². The summed E-state index contributed by atoms with van der Waals surface area (Å²) in [5.41, 5.74) is 7.41. The lowest BCUT2D eigenvalue weighted by Gasteiger charge is -2.28. The fraction of sp³-hybridized carbons (Fsp3) is 0.611. The molecule has 1 aromatic carbocycles. The quantitative estimate of drug-likeness (QED) is 0.751. The first-order chi connectivity index (χ1) is 10.5. The number of hydrogen-bond acceptors (Lipinski definition) is 3. The van der Waals surface area contributed by atoms with Crippen molar-refractivity contribution < 1.29 is 4.79 Å². The predicted octanol–water partition coefficient (Wildman–Crippen LogP) is 3.01. The molecule has 0 unspecified atom stereocenters. The highest BCUT2D eigenvalue weighted by Crippen LogP contribution is 2.10. The number of hydrogen-bond donors (Lipinski definition) is 1. The van der Waals surface area contributed by atoms with Crippen LogP contribution in [0, 0.1) is 5.92 Å². The molecule has 0 aliphatic heterocycles. The first kappa shape index (κ1) is 21.9. The van der Waals surface area contributed by atoms with Crippen LogP contribution in [0.1, 0.15) is 43.6 Å². The second-order valence-corrected chi connectivity index (χ2v) is 6.07. The number of rotatable bonds is 9. The van der Waals surface area contributed by atoms with Crippen LogP contribution in [0.25, 0.3) is 0 Å². The summed E-state index contributed by atoms with van der Waals surface area (Å²) >= 11 is 0. The Morgan fingerprint density at radius 1 is 1.09 bits per heavy atom. The van der Waals surface area contributed by atoms with Crippen molar-refractivity contribution >= 4 is 18.3 Å². The molecule has 0 aliphatic carbocycles. The molecule has 5 heteroatoms. The second kappa shape index (κ2) is 11.4. The molecule has 4 nitrogen and oxygen atoms in total. The molecule has 0 aromatic heterocycles. The average Bonchev–Trinajstić information content (AvgIpc) is 2.53. The maximum atomic E-state index is 12.7. The maximum Gasteiger partial charge on any atom is 0.253 e. The number of amides is 1. The lowest BCUT2D eigenvalue weighted by Crippen LogP contribution is -2.40. The number of carbonyl (C=O) groups excluding carboxylic acids is 1. The van der Waals surface area contributed by atoms with Crippen molar-refractivity contribution in [3.8, 4) is 0 Å². The SMILES string of the molecule is CCN(CC)CCN(CC(C)C)C(=O)c1ccc(CN)cc1.Cl. The molecule has 2 N–H and O–H groups in total. The molecule has 1 amide bonds. The monoisotopic (exact) mass is 341 g/mol. The number of nitrogens with two attached hydrogens (primary N) is 1. The minimum atomic E-state index is 0. The summed E-state index contributed by atoms with van der Waals surface area (Å²) in [6.07, 6.45) is 0. The number of benzene rings is 1. The highest BCUT2D eigenvalue weighted by molar-refractivity contribution is 5.94. The number of carbonyl (C=O) groups is 1. The Labute approximate surface area is 147 Å². The van der Waals surface area contributed by atoms with Gasteiger partial charge in [-0.05, 0) is 36.7 Å². The zero-order chi connectivity index (χ0) is 16.5. The normalized spacial score (nSPS) is 10.7. The minimum absolute atomic E-state index is 0. The Morgan fingerprint density at radius 3 is 2.09 bits per heavy atom. The Bertz CT molecular complexity index is 444. The molecular formula is C18H32ClN3O. The van der Waals surface area contributed by atoms with Crippen LogP contribution < -0.4 is 5.73 Å². The van der Waals surface area contributed by atoms with E-state index in [1.165, 1.54) is 0 Å². The maximum absolute atomic E-state index is 12.7. The Morgan fingerprint density at radius 2 is 1.65 bits per heavy atom. The van der Waals surface area contributed by atoms with E-state index in [1.54, 1.807) is 0 Å². The van der Waals surface area contributed by atoms with Crippen molar-refractivity contribution in [3.05, 3.63) is 35.4 Å². The summed E-state index contributed by atoms with van der Waals surface area (Å²) < 4.78 is 0. The molecule has 0 aliphatic rings. The van der Waals surface area contributed by atoms with Crippen LogP contribution in [0.5, 0.6) is 0 Å². The van der Waals surface area contributed by atoms with E-state index in [0.717, 1.165) is 43.9 Å². The van der Waals surface area contributed by atoms with Gasteiger partial charge in [0.05, 0.1) is 0 Å². The Kier molecular flexibility index (Phi) is 10.9. The van der Waals surface area contributed by atoms with Crippen molar-refractivity contribution in [2.45, 2.75) is 34.2 Å². The van der Waals surface area contributed by atoms with E-state index in [1.807, 2.05) is 29.2 Å². The van der Waals surface area contributed by atoms with Gasteiger partial charge in [0.2, 0.25) is 0 Å². The Hall–Kier alpha value is -1.10. The van der Waals surface area contributed by atoms with Crippen LogP contribution >= 0.6 is 12.4 Å². The number of likely N-dealkylation sites (N-methyl/N-ethyl adjacent to an activating group) is 1. The lowest BCUT2D eigenvalue weighted by molar-refractivity contribution is 0.0716. The van der Waals surface area contributed by atoms with Crippen molar-refractivity contribution in [3.63, 3.8) is 0 Å². The highest BCUT2D eigenvalue weighted by atomic mass is 35.5. The third-order valence-electron chi connectivity index (χ3n) is 3.89. The third kappa shape index (κ3) is 7.34. The van der Waals surface area contributed by atoms with Gasteiger partial charge in [0.25, 0.3) is 5.91 Å². The summed E-state index contributed by atoms with van der Waals surface area (Å²) in [5, 5.41) is 0. The van der Waals surface area contributed by atoms with Gasteiger partial charge in [0, 0.05) is 31.7 Å². The highest BCUT2D eigenvalue weighted by Gasteiger charge is 2.17. The second-order valence-electron chi connectivity index (χ2n) is 6.07. The largest absolute Gasteiger partial charge is 0.337 e. The van der Waals surface area contributed by atoms with Gasteiger partial charge in [-0.3, -0.25) is 4.79 Å². The van der Waals surface area contributed by atoms with Crippen molar-refractivity contribution in [1.82, 2.24) is 9.80 Å². The molecule has 0 bridgehead atoms. The summed E-state index contributed by atoms with van der Waals surface area (Å²) in [5.74, 6) is 0.577. The van der Waals surface area contributed by atoms with Gasteiger partial charge < -0.3 is 15.5 Å². The molecule has 0 heterocycles. The topological polar surface area (TPSA) is 49.6 Å². The molecule has 0 spiro atoms. The molecule has 0 saturated carbocycles. The molecular weight excluding hydrogens is 310 g/mol. The van der Waals surface area contributed by atoms with Gasteiger partial charge in [-0.2, -0.15) is 0 Å². The van der Waals surface area contributed by atoms with Crippen LogP contribution in [0.4, 0.5) is 0 Å². The summed E-state index contributed by atoms with van der Waals surface area (Å²) in [4.78, 5) is 17.1. The molecule has 1 aromatic rings. The molecule has 1 rings (SSSR count). The lowest BCUT2D eigenvalue weighted by atomic mass is 10.1. The van der Waals surface area contributed by atoms with E-state index in [4.69, 9.17) is 5.73 Å². The van der Waals surface area contributed by atoms with Crippen molar-refractivity contribution in [1.29, 1.82) is 0 Å². The van der Waals surface area contributed by atoms with Gasteiger partial charge in [0.15, 0.2) is 0 Å². The zero-order valence-corrected chi connectivity index (χ0v) is 15.7. The van der Waals surface area contributed by atoms with E-state index in [2.05, 4.69) is 32.6 Å². The molecule has 23 heavy (non-hydrogen) atoms. The third-order valence-corrected chi connectivity index (χ3v) is 3.89. The van der Waals surface area contributed by atoms with E-state index in [-0.39, 0.29) is 18.3 Å². The van der Waals surface area contributed by atoms with Gasteiger partial charge >= 0.3 is 0 Å². The fourth-order valence-corrected chi connectivity index (χ4v) is 2.48. The van der Waals surface area contributed by atoms with Gasteiger partial charge in [-0.15, -0.1) is 12.4 Å². The smallest absolute Gasteiger partial charge is 0.253 e. The summed E-state index contributed by atoms with van der Waals surface area (Å²) in [7, 11) is 0. The Balaban J connectivity index is 0.00000484. The van der Waals surface area contributed by atoms with E-state index < -0.39 is 0 Å². The van der Waals surface area contributed by atoms with Gasteiger partial charge in [0.1, 0.15) is 0 Å². The van der Waals surface area contributed by atoms with Crippen LogP contribution in [0.3, 0.4) is 0 Å². The standard InChI is InChI=1S/C18H31N3O.ClH/c1-5-20(6-2)11-12-21(14-15(3)4)18(22)17-9-7-16(13-19)8-10-17;/h7-10,15H,5-6,11-14,19H2,1-4H3;1H. The van der Waals surface area contributed by atoms with Crippen LogP contribution in [0.15, 0.2) is 24.3 Å². The van der Waals surface area contributed by atoms with Crippen molar-refractivity contribution in [2.24, 2.45) is 11.7 Å². The van der Waals surface area contributed by atoms with Gasteiger partial charge in [-0.25, -0.2) is 0 Å². The number of nitrogens with zero attached hydrogens (tertiary/aromatic N) is 2. The summed E-state index contributed by atoms with van der Waals surface area (Å²) in [6.45, 7) is 13.6. The van der Waals surface area contributed by atoms with Gasteiger partial charge in [-0.1, -0.05) is 39.8 Å². The zero-order valence-electron chi connectivity index (χ0n) is 14.9. The number of halogens is 1. The average molecular weight is 342 g/mol. The van der Waals surface area contributed by atoms with E-state index >= 15 is 0 Å². The molecule has 0 radical (unpaired) electrons. The molecule has 0 saturated heterocycles. The first-order valence-corrected chi connectivity index (χ1v) is 8.32. The van der Waals surface area contributed by atoms with Crippen LogP contribution in [0.2, 0.25) is 0 Å². The predicted molar refractivity (Wildman–Crippen MR) is 100 cm³/mol. The molecule has 0 fully saturated rings. The van der Waals surface area contributed by atoms with Crippen LogP contribution in [-0.4, -0.2) is 48.4 Å². The molecule has 0 atom stereocenters. The first-order valence-electron chi connectivity index (χ1n) is 8.32. The minimum Gasteiger partial charge on any atom is -0.337 e. The van der Waals surface area contributed by atoms with Crippen LogP contribution in [-0.2, 0) is 6.54 Å². The summed E-state index contributed by atoms with van der Waals surface area (Å²) in [6, 6.07) is 7.64. The van der Waals surface area contributed by atoms with Crippen molar-refractivity contribution in [2.75, 3.05) is 32.7 Å². The molecule has 132 valence electrons. The fourth-order valence-electron chi connectivity index (χ4n) is 2.48. The van der Waals surface area contributed by atoms with E-state index in [0.29, 0.717) is 12.5 Å².